The molecule has 0 saturated carbocycles. The molecule has 0 spiro atoms. The number of nitrogens with zero attached hydrogens (tertiary/aromatic N) is 2. The summed E-state index contributed by atoms with van der Waals surface area (Å²) in [5.74, 6) is -0.343. The van der Waals surface area contributed by atoms with Crippen LogP contribution in [0.15, 0.2) is 47.0 Å². The quantitative estimate of drug-likeness (QED) is 0.701. The number of benzene rings is 2. The van der Waals surface area contributed by atoms with Crippen LogP contribution in [0.3, 0.4) is 0 Å². The second kappa shape index (κ2) is 4.65. The number of phenolic OH excluding ortho intramolecular Hbond substituents is 2. The molecular formula is C14H9FN2O3. The standard InChI is InChI=1S/C14H9FN2O3/c15-10-4-1-8(2-5-10)13-16-14(20-17-13)9-3-6-11(18)12(19)7-9/h1-7,18-19H. The van der Waals surface area contributed by atoms with Gasteiger partial charge in [0.2, 0.25) is 5.82 Å². The maximum absolute atomic E-state index is 12.8. The molecule has 20 heavy (non-hydrogen) atoms. The lowest BCUT2D eigenvalue weighted by molar-refractivity contribution is 0.402. The Kier molecular flexibility index (Phi) is 2.83. The molecule has 0 bridgehead atoms. The van der Waals surface area contributed by atoms with Crippen molar-refractivity contribution >= 4 is 0 Å². The van der Waals surface area contributed by atoms with Gasteiger partial charge in [-0.3, -0.25) is 0 Å². The molecule has 0 fully saturated rings. The van der Waals surface area contributed by atoms with Crippen molar-refractivity contribution in [1.29, 1.82) is 0 Å². The number of halogens is 1. The molecule has 0 amide bonds. The van der Waals surface area contributed by atoms with Crippen molar-refractivity contribution in [3.8, 4) is 34.3 Å². The van der Waals surface area contributed by atoms with Crippen LogP contribution in [0.1, 0.15) is 0 Å². The fourth-order valence-corrected chi connectivity index (χ4v) is 1.71. The lowest BCUT2D eigenvalue weighted by Crippen LogP contribution is -1.82. The van der Waals surface area contributed by atoms with Crippen LogP contribution in [0.2, 0.25) is 0 Å². The predicted octanol–water partition coefficient (Wildman–Crippen LogP) is 2.95. The lowest BCUT2D eigenvalue weighted by Gasteiger charge is -1.98. The van der Waals surface area contributed by atoms with Gasteiger partial charge in [0.25, 0.3) is 5.89 Å². The van der Waals surface area contributed by atoms with Gasteiger partial charge in [-0.05, 0) is 42.5 Å². The van der Waals surface area contributed by atoms with E-state index in [1.54, 1.807) is 0 Å². The van der Waals surface area contributed by atoms with Crippen molar-refractivity contribution in [2.24, 2.45) is 0 Å². The second-order valence-corrected chi connectivity index (χ2v) is 4.13. The third-order valence-corrected chi connectivity index (χ3v) is 2.75. The van der Waals surface area contributed by atoms with E-state index in [0.717, 1.165) is 0 Å². The lowest BCUT2D eigenvalue weighted by atomic mass is 10.2. The summed E-state index contributed by atoms with van der Waals surface area (Å²) >= 11 is 0. The van der Waals surface area contributed by atoms with Gasteiger partial charge in [0, 0.05) is 11.1 Å². The molecule has 3 rings (SSSR count). The van der Waals surface area contributed by atoms with Gasteiger partial charge in [-0.1, -0.05) is 5.16 Å². The highest BCUT2D eigenvalue weighted by Crippen LogP contribution is 2.30. The predicted molar refractivity (Wildman–Crippen MR) is 68.5 cm³/mol. The molecule has 0 aliphatic carbocycles. The van der Waals surface area contributed by atoms with Crippen LogP contribution in [-0.4, -0.2) is 20.4 Å². The molecule has 1 aromatic heterocycles. The molecule has 6 heteroatoms. The Hall–Kier alpha value is -2.89. The van der Waals surface area contributed by atoms with Gasteiger partial charge in [-0.15, -0.1) is 0 Å². The van der Waals surface area contributed by atoms with Crippen LogP contribution in [-0.2, 0) is 0 Å². The Morgan fingerprint density at radius 3 is 2.30 bits per heavy atom. The third-order valence-electron chi connectivity index (χ3n) is 2.75. The fourth-order valence-electron chi connectivity index (χ4n) is 1.71. The fraction of sp³-hybridized carbons (Fsp3) is 0. The van der Waals surface area contributed by atoms with E-state index in [4.69, 9.17) is 4.52 Å². The van der Waals surface area contributed by atoms with Crippen molar-refractivity contribution in [2.75, 3.05) is 0 Å². The average molecular weight is 272 g/mol. The van der Waals surface area contributed by atoms with E-state index in [0.29, 0.717) is 17.0 Å². The summed E-state index contributed by atoms with van der Waals surface area (Å²) in [7, 11) is 0. The molecule has 0 aliphatic rings. The van der Waals surface area contributed by atoms with E-state index in [1.165, 1.54) is 42.5 Å². The zero-order valence-electron chi connectivity index (χ0n) is 10.1. The van der Waals surface area contributed by atoms with E-state index in [2.05, 4.69) is 10.1 Å². The summed E-state index contributed by atoms with van der Waals surface area (Å²) in [6.45, 7) is 0. The van der Waals surface area contributed by atoms with E-state index >= 15 is 0 Å². The molecule has 0 unspecified atom stereocenters. The Balaban J connectivity index is 1.97. The zero-order chi connectivity index (χ0) is 14.1. The van der Waals surface area contributed by atoms with Gasteiger partial charge >= 0.3 is 0 Å². The highest BCUT2D eigenvalue weighted by Gasteiger charge is 2.12. The molecule has 0 aliphatic heterocycles. The minimum Gasteiger partial charge on any atom is -0.504 e. The first kappa shape index (κ1) is 12.2. The van der Waals surface area contributed by atoms with Crippen LogP contribution in [0, 0.1) is 5.82 Å². The van der Waals surface area contributed by atoms with E-state index in [9.17, 15) is 14.6 Å². The Bertz CT molecular complexity index is 753. The van der Waals surface area contributed by atoms with Gasteiger partial charge < -0.3 is 14.7 Å². The molecule has 0 saturated heterocycles. The van der Waals surface area contributed by atoms with E-state index in [1.807, 2.05) is 0 Å². The molecule has 5 nitrogen and oxygen atoms in total. The number of aromatic hydroxyl groups is 2. The van der Waals surface area contributed by atoms with Gasteiger partial charge in [-0.2, -0.15) is 4.98 Å². The number of hydrogen-bond donors (Lipinski definition) is 2. The van der Waals surface area contributed by atoms with Gasteiger partial charge in [-0.25, -0.2) is 4.39 Å². The van der Waals surface area contributed by atoms with Crippen LogP contribution >= 0.6 is 0 Å². The molecule has 100 valence electrons. The van der Waals surface area contributed by atoms with Crippen LogP contribution < -0.4 is 0 Å². The van der Waals surface area contributed by atoms with Crippen molar-refractivity contribution < 1.29 is 19.1 Å². The summed E-state index contributed by atoms with van der Waals surface area (Å²) in [6.07, 6.45) is 0. The van der Waals surface area contributed by atoms with Gasteiger partial charge in [0.15, 0.2) is 11.5 Å². The minimum absolute atomic E-state index is 0.194. The molecule has 0 atom stereocenters. The van der Waals surface area contributed by atoms with Crippen LogP contribution in [0.25, 0.3) is 22.8 Å². The zero-order valence-corrected chi connectivity index (χ0v) is 10.1. The third kappa shape index (κ3) is 2.18. The van der Waals surface area contributed by atoms with E-state index < -0.39 is 0 Å². The summed E-state index contributed by atoms with van der Waals surface area (Å²) in [6, 6.07) is 9.87. The second-order valence-electron chi connectivity index (χ2n) is 4.13. The summed E-state index contributed by atoms with van der Waals surface area (Å²) < 4.78 is 17.9. The maximum Gasteiger partial charge on any atom is 0.258 e. The SMILES string of the molecule is Oc1ccc(-c2nc(-c3ccc(F)cc3)no2)cc1O. The van der Waals surface area contributed by atoms with Crippen molar-refractivity contribution in [3.05, 3.63) is 48.3 Å². The Morgan fingerprint density at radius 1 is 0.900 bits per heavy atom. The number of hydrogen-bond acceptors (Lipinski definition) is 5. The molecule has 2 aromatic carbocycles. The monoisotopic (exact) mass is 272 g/mol. The largest absolute Gasteiger partial charge is 0.504 e. The van der Waals surface area contributed by atoms with Crippen LogP contribution in [0.4, 0.5) is 4.39 Å². The summed E-state index contributed by atoms with van der Waals surface area (Å²) in [5, 5.41) is 22.5. The highest BCUT2D eigenvalue weighted by atomic mass is 19.1. The Labute approximate surface area is 112 Å². The number of rotatable bonds is 2. The minimum atomic E-state index is -0.346. The molecular weight excluding hydrogens is 263 g/mol. The van der Waals surface area contributed by atoms with Crippen LogP contribution in [0.5, 0.6) is 11.5 Å². The number of phenols is 2. The smallest absolute Gasteiger partial charge is 0.258 e. The first-order valence-electron chi connectivity index (χ1n) is 5.75. The van der Waals surface area contributed by atoms with Gasteiger partial charge in [0.05, 0.1) is 0 Å². The van der Waals surface area contributed by atoms with Crippen molar-refractivity contribution in [2.45, 2.75) is 0 Å². The topological polar surface area (TPSA) is 79.4 Å². The average Bonchev–Trinajstić information content (AvgIpc) is 2.92. The Morgan fingerprint density at radius 2 is 1.60 bits per heavy atom. The first-order chi connectivity index (χ1) is 9.63. The molecule has 2 N–H and O–H groups in total. The molecule has 0 radical (unpaired) electrons. The highest BCUT2D eigenvalue weighted by molar-refractivity contribution is 5.62. The van der Waals surface area contributed by atoms with Crippen molar-refractivity contribution in [3.63, 3.8) is 0 Å². The summed E-state index contributed by atoms with van der Waals surface area (Å²) in [4.78, 5) is 4.16. The van der Waals surface area contributed by atoms with Gasteiger partial charge in [0.1, 0.15) is 5.82 Å². The van der Waals surface area contributed by atoms with Crippen molar-refractivity contribution in [1.82, 2.24) is 10.1 Å². The molecule has 1 heterocycles. The summed E-state index contributed by atoms with van der Waals surface area (Å²) in [5.41, 5.74) is 1.09. The first-order valence-corrected chi connectivity index (χ1v) is 5.75. The molecule has 3 aromatic rings. The number of aromatic nitrogens is 2. The maximum atomic E-state index is 12.8. The van der Waals surface area contributed by atoms with E-state index in [-0.39, 0.29) is 23.2 Å². The normalized spacial score (nSPS) is 10.7.